The van der Waals surface area contributed by atoms with Gasteiger partial charge in [0.15, 0.2) is 0 Å². The maximum absolute atomic E-state index is 11.3. The van der Waals surface area contributed by atoms with Gasteiger partial charge in [-0.1, -0.05) is 23.9 Å². The second-order valence-electron chi connectivity index (χ2n) is 4.58. The van der Waals surface area contributed by atoms with Crippen molar-refractivity contribution < 1.29 is 23.9 Å². The van der Waals surface area contributed by atoms with Gasteiger partial charge in [0.2, 0.25) is 0 Å². The van der Waals surface area contributed by atoms with Crippen LogP contribution in [0.2, 0.25) is 0 Å². The van der Waals surface area contributed by atoms with Gasteiger partial charge in [-0.2, -0.15) is 0 Å². The Bertz CT molecular complexity index is 691. The molecule has 0 fully saturated rings. The largest absolute Gasteiger partial charge is 0.465 e. The number of benzene rings is 2. The maximum Gasteiger partial charge on any atom is 0.337 e. The Labute approximate surface area is 132 Å². The Morgan fingerprint density at radius 2 is 1.55 bits per heavy atom. The summed E-state index contributed by atoms with van der Waals surface area (Å²) >= 11 is 1.50. The molecule has 0 saturated carbocycles. The van der Waals surface area contributed by atoms with Gasteiger partial charge < -0.3 is 14.5 Å². The molecule has 22 heavy (non-hydrogen) atoms. The van der Waals surface area contributed by atoms with Crippen LogP contribution in [0.4, 0.5) is 0 Å². The van der Waals surface area contributed by atoms with Crippen LogP contribution < -0.4 is 0 Å². The molecule has 0 heterocycles. The van der Waals surface area contributed by atoms with Crippen LogP contribution in [0.1, 0.15) is 15.9 Å². The third-order valence-electron chi connectivity index (χ3n) is 2.82. The minimum atomic E-state index is -4.04. The molecule has 116 valence electrons. The predicted molar refractivity (Wildman–Crippen MR) is 84.1 cm³/mol. The van der Waals surface area contributed by atoms with E-state index in [0.29, 0.717) is 11.1 Å². The topological polar surface area (TPSA) is 83.8 Å². The summed E-state index contributed by atoms with van der Waals surface area (Å²) in [6.45, 7) is 0. The average molecular weight is 338 g/mol. The van der Waals surface area contributed by atoms with Crippen molar-refractivity contribution in [1.82, 2.24) is 0 Å². The summed E-state index contributed by atoms with van der Waals surface area (Å²) in [6, 6.07) is 14.0. The number of hydrogen-bond acceptors (Lipinski definition) is 4. The fourth-order valence-corrected chi connectivity index (χ4v) is 3.32. The highest BCUT2D eigenvalue weighted by atomic mass is 32.2. The van der Waals surface area contributed by atoms with Gasteiger partial charge in [0, 0.05) is 9.79 Å². The lowest BCUT2D eigenvalue weighted by Crippen LogP contribution is -2.00. The van der Waals surface area contributed by atoms with Gasteiger partial charge in [0.1, 0.15) is 0 Å². The van der Waals surface area contributed by atoms with Crippen LogP contribution in [0.25, 0.3) is 0 Å². The van der Waals surface area contributed by atoms with Crippen LogP contribution in [0.5, 0.6) is 0 Å². The first-order chi connectivity index (χ1) is 10.4. The summed E-state index contributed by atoms with van der Waals surface area (Å²) in [4.78, 5) is 31.1. The number of carbonyl (C=O) groups excluding carboxylic acids is 1. The van der Waals surface area contributed by atoms with Crippen molar-refractivity contribution in [3.63, 3.8) is 0 Å². The summed E-state index contributed by atoms with van der Waals surface area (Å²) in [6.07, 6.45) is -0.258. The number of ether oxygens (including phenoxy) is 1. The van der Waals surface area contributed by atoms with Gasteiger partial charge in [-0.25, -0.2) is 4.79 Å². The minimum absolute atomic E-state index is 0.258. The zero-order valence-corrected chi connectivity index (χ0v) is 13.5. The van der Waals surface area contributed by atoms with Crippen LogP contribution in [0.3, 0.4) is 0 Å². The molecule has 0 aliphatic heterocycles. The monoisotopic (exact) mass is 338 g/mol. The maximum atomic E-state index is 11.3. The van der Waals surface area contributed by atoms with E-state index in [1.807, 2.05) is 24.3 Å². The molecule has 0 radical (unpaired) electrons. The Morgan fingerprint density at radius 1 is 1.05 bits per heavy atom. The Kier molecular flexibility index (Phi) is 5.42. The molecule has 0 aliphatic rings. The van der Waals surface area contributed by atoms with Crippen LogP contribution in [0.15, 0.2) is 58.3 Å². The Hall–Kier alpha value is -1.59. The van der Waals surface area contributed by atoms with Crippen LogP contribution in [-0.2, 0) is 15.5 Å². The first kappa shape index (κ1) is 16.8. The van der Waals surface area contributed by atoms with Crippen molar-refractivity contribution in [2.75, 3.05) is 7.11 Å². The summed E-state index contributed by atoms with van der Waals surface area (Å²) in [5.41, 5.74) is 1.09. The van der Waals surface area contributed by atoms with Gasteiger partial charge in [0.25, 0.3) is 0 Å². The van der Waals surface area contributed by atoms with Gasteiger partial charge >= 0.3 is 13.6 Å². The van der Waals surface area contributed by atoms with E-state index in [4.69, 9.17) is 9.79 Å². The van der Waals surface area contributed by atoms with E-state index in [1.165, 1.54) is 18.9 Å². The number of hydrogen-bond donors (Lipinski definition) is 2. The van der Waals surface area contributed by atoms with Gasteiger partial charge in [0.05, 0.1) is 18.8 Å². The molecule has 5 nitrogen and oxygen atoms in total. The van der Waals surface area contributed by atoms with Crippen molar-refractivity contribution in [3.8, 4) is 0 Å². The molecule has 0 atom stereocenters. The van der Waals surface area contributed by atoms with E-state index < -0.39 is 7.60 Å². The standard InChI is InChI=1S/C15H15O5PS/c1-20-15(16)12-4-8-14(9-5-12)22-13-6-2-11(3-7-13)10-21(17,18)19/h2-9H,10H2,1H3,(H2,17,18,19). The third kappa shape index (κ3) is 5.00. The van der Waals surface area contributed by atoms with Crippen LogP contribution in [-0.4, -0.2) is 22.9 Å². The first-order valence-corrected chi connectivity index (χ1v) is 8.98. The molecule has 2 aromatic rings. The predicted octanol–water partition coefficient (Wildman–Crippen LogP) is 3.30. The van der Waals surface area contributed by atoms with E-state index in [-0.39, 0.29) is 12.1 Å². The second kappa shape index (κ2) is 7.11. The van der Waals surface area contributed by atoms with Gasteiger partial charge in [-0.3, -0.25) is 4.57 Å². The Balaban J connectivity index is 2.04. The molecule has 0 saturated heterocycles. The minimum Gasteiger partial charge on any atom is -0.465 e. The fraction of sp³-hybridized carbons (Fsp3) is 0.133. The summed E-state index contributed by atoms with van der Waals surface area (Å²) in [5, 5.41) is 0. The molecule has 0 spiro atoms. The van der Waals surface area contributed by atoms with Crippen molar-refractivity contribution >= 4 is 25.3 Å². The summed E-state index contributed by atoms with van der Waals surface area (Å²) in [5.74, 6) is -0.377. The molecule has 7 heteroatoms. The van der Waals surface area contributed by atoms with Crippen molar-refractivity contribution in [2.24, 2.45) is 0 Å². The number of rotatable bonds is 5. The zero-order valence-electron chi connectivity index (χ0n) is 11.8. The molecule has 0 aromatic heterocycles. The van der Waals surface area contributed by atoms with E-state index >= 15 is 0 Å². The van der Waals surface area contributed by atoms with Crippen molar-refractivity contribution in [2.45, 2.75) is 16.0 Å². The SMILES string of the molecule is COC(=O)c1ccc(Sc2ccc(CP(=O)(O)O)cc2)cc1. The van der Waals surface area contributed by atoms with E-state index in [2.05, 4.69) is 4.74 Å². The molecule has 0 aliphatic carbocycles. The molecule has 2 rings (SSSR count). The highest BCUT2D eigenvalue weighted by Crippen LogP contribution is 2.39. The lowest BCUT2D eigenvalue weighted by molar-refractivity contribution is 0.0600. The van der Waals surface area contributed by atoms with Crippen molar-refractivity contribution in [3.05, 3.63) is 59.7 Å². The molecule has 0 unspecified atom stereocenters. The fourth-order valence-electron chi connectivity index (χ4n) is 1.81. The molecule has 2 N–H and O–H groups in total. The van der Waals surface area contributed by atoms with Crippen LogP contribution in [0, 0.1) is 0 Å². The summed E-state index contributed by atoms with van der Waals surface area (Å²) < 4.78 is 15.6. The molecule has 0 bridgehead atoms. The quantitative estimate of drug-likeness (QED) is 0.643. The Morgan fingerprint density at radius 3 is 2.00 bits per heavy atom. The van der Waals surface area contributed by atoms with Crippen molar-refractivity contribution in [1.29, 1.82) is 0 Å². The smallest absolute Gasteiger partial charge is 0.337 e. The first-order valence-electron chi connectivity index (χ1n) is 6.37. The molecule has 0 amide bonds. The molecular formula is C15H15O5PS. The lowest BCUT2D eigenvalue weighted by atomic mass is 10.2. The highest BCUT2D eigenvalue weighted by molar-refractivity contribution is 7.99. The third-order valence-corrected chi connectivity index (χ3v) is 4.62. The zero-order chi connectivity index (χ0) is 16.2. The lowest BCUT2D eigenvalue weighted by Gasteiger charge is -2.06. The van der Waals surface area contributed by atoms with E-state index in [1.54, 1.807) is 24.3 Å². The normalized spacial score (nSPS) is 11.2. The molecule has 2 aromatic carbocycles. The van der Waals surface area contributed by atoms with Crippen LogP contribution >= 0.6 is 19.4 Å². The second-order valence-corrected chi connectivity index (χ2v) is 7.38. The molecular weight excluding hydrogens is 323 g/mol. The number of carbonyl (C=O) groups is 1. The number of esters is 1. The average Bonchev–Trinajstić information content (AvgIpc) is 2.48. The van der Waals surface area contributed by atoms with E-state index in [0.717, 1.165) is 9.79 Å². The number of methoxy groups -OCH3 is 1. The summed E-state index contributed by atoms with van der Waals surface area (Å²) in [7, 11) is -2.70. The van der Waals surface area contributed by atoms with Gasteiger partial charge in [-0.15, -0.1) is 0 Å². The van der Waals surface area contributed by atoms with Gasteiger partial charge in [-0.05, 0) is 42.0 Å². The van der Waals surface area contributed by atoms with E-state index in [9.17, 15) is 9.36 Å². The highest BCUT2D eigenvalue weighted by Gasteiger charge is 2.13.